The van der Waals surface area contributed by atoms with Gasteiger partial charge < -0.3 is 9.80 Å². The second-order valence-electron chi connectivity index (χ2n) is 8.36. The van der Waals surface area contributed by atoms with E-state index >= 15 is 0 Å². The van der Waals surface area contributed by atoms with Crippen molar-refractivity contribution < 1.29 is 22.8 Å². The van der Waals surface area contributed by atoms with Crippen molar-refractivity contribution in [3.05, 3.63) is 95.6 Å². The molecule has 0 unspecified atom stereocenters. The Morgan fingerprint density at radius 1 is 0.941 bits per heavy atom. The Balaban J connectivity index is 1.74. The molecule has 0 bridgehead atoms. The maximum atomic E-state index is 13.4. The highest BCUT2D eigenvalue weighted by Crippen LogP contribution is 2.43. The topological polar surface area (TPSA) is 40.6 Å². The predicted octanol–water partition coefficient (Wildman–Crippen LogP) is 6.63. The highest BCUT2D eigenvalue weighted by atomic mass is 19.4. The normalized spacial score (nSPS) is 17.7. The summed E-state index contributed by atoms with van der Waals surface area (Å²) in [5.74, 6) is -0.402. The third-order valence-corrected chi connectivity index (χ3v) is 6.16. The van der Waals surface area contributed by atoms with Crippen molar-refractivity contribution in [2.45, 2.75) is 44.9 Å². The predicted molar refractivity (Wildman–Crippen MR) is 126 cm³/mol. The number of carbonyl (C=O) groups is 2. The lowest BCUT2D eigenvalue weighted by Gasteiger charge is -2.43. The molecular formula is C27H25F3N2O2. The monoisotopic (exact) mass is 466 g/mol. The lowest BCUT2D eigenvalue weighted by Crippen LogP contribution is -2.47. The van der Waals surface area contributed by atoms with Gasteiger partial charge in [0, 0.05) is 29.4 Å². The van der Waals surface area contributed by atoms with Crippen molar-refractivity contribution >= 4 is 23.2 Å². The van der Waals surface area contributed by atoms with Crippen LogP contribution in [0.1, 0.15) is 54.2 Å². The zero-order valence-electron chi connectivity index (χ0n) is 18.9. The Bertz CT molecular complexity index is 1180. The van der Waals surface area contributed by atoms with Crippen LogP contribution < -0.4 is 9.80 Å². The third kappa shape index (κ3) is 4.42. The average molecular weight is 467 g/mol. The van der Waals surface area contributed by atoms with Gasteiger partial charge in [0.15, 0.2) is 0 Å². The Hall–Kier alpha value is -3.61. The number of halogens is 3. The number of anilines is 2. The van der Waals surface area contributed by atoms with Crippen molar-refractivity contribution in [3.8, 4) is 0 Å². The van der Waals surface area contributed by atoms with Gasteiger partial charge in [0.1, 0.15) is 0 Å². The number of carbonyl (C=O) groups excluding carboxylic acids is 2. The minimum Gasteiger partial charge on any atom is -0.305 e. The maximum Gasteiger partial charge on any atom is 0.416 e. The van der Waals surface area contributed by atoms with E-state index in [0.29, 0.717) is 18.5 Å². The molecular weight excluding hydrogens is 441 g/mol. The molecule has 0 N–H and O–H groups in total. The van der Waals surface area contributed by atoms with Crippen LogP contribution in [-0.2, 0) is 11.0 Å². The molecule has 2 amide bonds. The molecule has 3 aromatic rings. The Labute approximate surface area is 196 Å². The summed E-state index contributed by atoms with van der Waals surface area (Å²) in [5, 5.41) is 0. The summed E-state index contributed by atoms with van der Waals surface area (Å²) in [6.07, 6.45) is -3.65. The zero-order chi connectivity index (χ0) is 24.5. The fourth-order valence-corrected chi connectivity index (χ4v) is 4.53. The van der Waals surface area contributed by atoms with Gasteiger partial charge in [0.2, 0.25) is 5.91 Å². The van der Waals surface area contributed by atoms with E-state index in [0.717, 1.165) is 23.4 Å². The van der Waals surface area contributed by atoms with Gasteiger partial charge in [-0.3, -0.25) is 9.59 Å². The summed E-state index contributed by atoms with van der Waals surface area (Å²) in [7, 11) is 0. The molecule has 7 heteroatoms. The van der Waals surface area contributed by atoms with Gasteiger partial charge in [-0.05, 0) is 61.4 Å². The summed E-state index contributed by atoms with van der Waals surface area (Å²) < 4.78 is 38.9. The zero-order valence-corrected chi connectivity index (χ0v) is 18.9. The summed E-state index contributed by atoms with van der Waals surface area (Å²) in [4.78, 5) is 29.9. The van der Waals surface area contributed by atoms with Crippen LogP contribution in [0.4, 0.5) is 24.5 Å². The van der Waals surface area contributed by atoms with E-state index in [9.17, 15) is 22.8 Å². The van der Waals surface area contributed by atoms with E-state index in [1.807, 2.05) is 68.4 Å². The van der Waals surface area contributed by atoms with Crippen LogP contribution in [0.5, 0.6) is 0 Å². The third-order valence-electron chi connectivity index (χ3n) is 6.16. The first-order valence-electron chi connectivity index (χ1n) is 11.2. The number of rotatable bonds is 4. The van der Waals surface area contributed by atoms with E-state index in [4.69, 9.17) is 0 Å². The van der Waals surface area contributed by atoms with Gasteiger partial charge in [-0.15, -0.1) is 0 Å². The van der Waals surface area contributed by atoms with Gasteiger partial charge in [-0.1, -0.05) is 43.3 Å². The Morgan fingerprint density at radius 3 is 2.18 bits per heavy atom. The molecule has 4 rings (SSSR count). The number of fused-ring (bicyclic) bond motifs is 1. The van der Waals surface area contributed by atoms with E-state index < -0.39 is 11.7 Å². The molecule has 0 spiro atoms. The molecule has 0 aromatic heterocycles. The molecule has 0 aliphatic carbocycles. The van der Waals surface area contributed by atoms with Crippen molar-refractivity contribution in [1.29, 1.82) is 0 Å². The molecule has 4 nitrogen and oxygen atoms in total. The smallest absolute Gasteiger partial charge is 0.305 e. The Kier molecular flexibility index (Phi) is 6.46. The molecule has 1 aliphatic rings. The van der Waals surface area contributed by atoms with Crippen molar-refractivity contribution in [1.82, 2.24) is 0 Å². The first kappa shape index (κ1) is 23.5. The van der Waals surface area contributed by atoms with Gasteiger partial charge in [-0.2, -0.15) is 13.2 Å². The summed E-state index contributed by atoms with van der Waals surface area (Å²) in [5.41, 5.74) is 1.64. The number of benzene rings is 3. The molecule has 0 radical (unpaired) electrons. The van der Waals surface area contributed by atoms with Gasteiger partial charge in [0.05, 0.1) is 11.6 Å². The number of alkyl halides is 3. The van der Waals surface area contributed by atoms with E-state index in [1.54, 1.807) is 9.80 Å². The van der Waals surface area contributed by atoms with Crippen LogP contribution >= 0.6 is 0 Å². The number of para-hydroxylation sites is 2. The fourth-order valence-electron chi connectivity index (χ4n) is 4.53. The van der Waals surface area contributed by atoms with Gasteiger partial charge in [-0.25, -0.2) is 0 Å². The van der Waals surface area contributed by atoms with Gasteiger partial charge in [0.25, 0.3) is 5.91 Å². The summed E-state index contributed by atoms with van der Waals surface area (Å²) in [6.45, 7) is 3.71. The number of amides is 2. The summed E-state index contributed by atoms with van der Waals surface area (Å²) >= 11 is 0. The van der Waals surface area contributed by atoms with Crippen LogP contribution in [0.2, 0.25) is 0 Å². The molecule has 176 valence electrons. The molecule has 1 aliphatic heterocycles. The quantitative estimate of drug-likeness (QED) is 0.433. The molecule has 0 saturated carbocycles. The minimum atomic E-state index is -4.47. The van der Waals surface area contributed by atoms with Crippen molar-refractivity contribution in [2.24, 2.45) is 0 Å². The van der Waals surface area contributed by atoms with Crippen LogP contribution in [0.3, 0.4) is 0 Å². The highest BCUT2D eigenvalue weighted by Gasteiger charge is 2.38. The minimum absolute atomic E-state index is 0.0271. The van der Waals surface area contributed by atoms with Crippen LogP contribution in [0, 0.1) is 0 Å². The van der Waals surface area contributed by atoms with Crippen LogP contribution in [0.15, 0.2) is 78.9 Å². The highest BCUT2D eigenvalue weighted by molar-refractivity contribution is 6.07. The average Bonchev–Trinajstić information content (AvgIpc) is 2.84. The molecule has 34 heavy (non-hydrogen) atoms. The first-order chi connectivity index (χ1) is 16.2. The number of nitrogens with zero attached hydrogens (tertiary/aromatic N) is 2. The lowest BCUT2D eigenvalue weighted by atomic mass is 9.89. The fraction of sp³-hybridized carbons (Fsp3) is 0.259. The SMILES string of the molecule is CCC(=O)N(c1ccccc1)[C@H]1C[C@@H](C)N(C(=O)c2ccc(C(F)(F)F)cc2)c2ccccc21. The second kappa shape index (κ2) is 9.33. The summed E-state index contributed by atoms with van der Waals surface area (Å²) in [6, 6.07) is 20.5. The largest absolute Gasteiger partial charge is 0.416 e. The second-order valence-corrected chi connectivity index (χ2v) is 8.36. The molecule has 1 heterocycles. The van der Waals surface area contributed by atoms with E-state index in [2.05, 4.69) is 0 Å². The number of hydrogen-bond acceptors (Lipinski definition) is 2. The van der Waals surface area contributed by atoms with E-state index in [-0.39, 0.29) is 29.5 Å². The molecule has 0 fully saturated rings. The number of hydrogen-bond donors (Lipinski definition) is 0. The lowest BCUT2D eigenvalue weighted by molar-refractivity contribution is -0.137. The maximum absolute atomic E-state index is 13.4. The van der Waals surface area contributed by atoms with Gasteiger partial charge >= 0.3 is 6.18 Å². The van der Waals surface area contributed by atoms with Crippen molar-refractivity contribution in [2.75, 3.05) is 9.80 Å². The van der Waals surface area contributed by atoms with E-state index in [1.165, 1.54) is 12.1 Å². The Morgan fingerprint density at radius 2 is 1.56 bits per heavy atom. The van der Waals surface area contributed by atoms with Crippen LogP contribution in [0.25, 0.3) is 0 Å². The molecule has 0 saturated heterocycles. The van der Waals surface area contributed by atoms with Crippen LogP contribution in [-0.4, -0.2) is 17.9 Å². The first-order valence-corrected chi connectivity index (χ1v) is 11.2. The standard InChI is InChI=1S/C27H25F3N2O2/c1-3-25(33)32(21-9-5-4-6-10-21)24-17-18(2)31(23-12-8-7-11-22(23)24)26(34)19-13-15-20(16-14-19)27(28,29)30/h4-16,18,24H,3,17H2,1-2H3/t18-,24+/m1/s1. The van der Waals surface area contributed by atoms with Crippen molar-refractivity contribution in [3.63, 3.8) is 0 Å². The molecule has 3 aromatic carbocycles. The molecule has 2 atom stereocenters.